The van der Waals surface area contributed by atoms with E-state index >= 15 is 0 Å². The molecule has 1 aromatic rings. The summed E-state index contributed by atoms with van der Waals surface area (Å²) >= 11 is 0. The largest absolute Gasteiger partial charge is 0.389 e. The number of hydrogen-bond donors (Lipinski definition) is 1. The molecule has 18 heavy (non-hydrogen) atoms. The number of aliphatic hydroxyl groups is 1. The van der Waals surface area contributed by atoms with E-state index in [0.717, 1.165) is 18.7 Å². The van der Waals surface area contributed by atoms with Crippen LogP contribution in [0.5, 0.6) is 0 Å². The Labute approximate surface area is 107 Å². The van der Waals surface area contributed by atoms with Crippen molar-refractivity contribution in [1.29, 1.82) is 0 Å². The van der Waals surface area contributed by atoms with Gasteiger partial charge in [-0.15, -0.1) is 0 Å². The average Bonchev–Trinajstić information content (AvgIpc) is 2.38. The molecule has 4 heteroatoms. The quantitative estimate of drug-likeness (QED) is 0.898. The normalized spacial score (nSPS) is 22.0. The zero-order chi connectivity index (χ0) is 13.1. The van der Waals surface area contributed by atoms with Gasteiger partial charge in [0.05, 0.1) is 25.4 Å². The Hall–Kier alpha value is -1.13. The highest BCUT2D eigenvalue weighted by molar-refractivity contribution is 5.56. The summed E-state index contributed by atoms with van der Waals surface area (Å²) in [6.07, 6.45) is 0.299. The molecule has 1 heterocycles. The summed E-state index contributed by atoms with van der Waals surface area (Å²) < 4.78 is 18.8. The van der Waals surface area contributed by atoms with Gasteiger partial charge < -0.3 is 14.7 Å². The minimum Gasteiger partial charge on any atom is -0.389 e. The van der Waals surface area contributed by atoms with E-state index in [9.17, 15) is 9.50 Å². The first-order valence-corrected chi connectivity index (χ1v) is 6.45. The van der Waals surface area contributed by atoms with Crippen molar-refractivity contribution < 1.29 is 14.2 Å². The first-order chi connectivity index (χ1) is 8.63. The first kappa shape index (κ1) is 13.3. The Bertz CT molecular complexity index is 409. The Kier molecular flexibility index (Phi) is 4.19. The lowest BCUT2D eigenvalue weighted by molar-refractivity contribution is 0.0925. The number of rotatable bonds is 3. The van der Waals surface area contributed by atoms with Crippen molar-refractivity contribution in [3.63, 3.8) is 0 Å². The van der Waals surface area contributed by atoms with Crippen LogP contribution in [0, 0.1) is 5.82 Å². The van der Waals surface area contributed by atoms with Crippen LogP contribution in [0.4, 0.5) is 10.1 Å². The third-order valence-electron chi connectivity index (χ3n) is 3.45. The standard InChI is InChI=1S/C14H20FNO2/c1-3-12-9-18-7-6-16(12)14-5-4-11(15)8-13(14)10(2)17/h4-5,8,10,12,17H,3,6-7,9H2,1-2H3/t10-,12?/m1/s1. The number of aliphatic hydroxyl groups excluding tert-OH is 1. The summed E-state index contributed by atoms with van der Waals surface area (Å²) in [6.45, 7) is 5.92. The molecule has 0 saturated carbocycles. The van der Waals surface area contributed by atoms with Gasteiger partial charge in [0.1, 0.15) is 5.82 Å². The number of anilines is 1. The molecule has 1 aliphatic rings. The van der Waals surface area contributed by atoms with Crippen molar-refractivity contribution in [2.45, 2.75) is 32.4 Å². The molecule has 1 aliphatic heterocycles. The molecule has 1 N–H and O–H groups in total. The van der Waals surface area contributed by atoms with E-state index in [1.165, 1.54) is 12.1 Å². The molecule has 0 aliphatic carbocycles. The van der Waals surface area contributed by atoms with Gasteiger partial charge in [-0.25, -0.2) is 4.39 Å². The van der Waals surface area contributed by atoms with Crippen LogP contribution in [0.2, 0.25) is 0 Å². The maximum atomic E-state index is 13.3. The molecule has 2 rings (SSSR count). The van der Waals surface area contributed by atoms with Gasteiger partial charge in [-0.1, -0.05) is 6.92 Å². The van der Waals surface area contributed by atoms with E-state index in [0.29, 0.717) is 24.8 Å². The van der Waals surface area contributed by atoms with Crippen molar-refractivity contribution in [3.8, 4) is 0 Å². The molecular weight excluding hydrogens is 233 g/mol. The number of ether oxygens (including phenoxy) is 1. The molecule has 0 amide bonds. The van der Waals surface area contributed by atoms with Crippen molar-refractivity contribution >= 4 is 5.69 Å². The highest BCUT2D eigenvalue weighted by Crippen LogP contribution is 2.30. The average molecular weight is 253 g/mol. The van der Waals surface area contributed by atoms with Crippen LogP contribution >= 0.6 is 0 Å². The van der Waals surface area contributed by atoms with E-state index in [-0.39, 0.29) is 5.82 Å². The van der Waals surface area contributed by atoms with Crippen LogP contribution in [0.25, 0.3) is 0 Å². The molecule has 2 atom stereocenters. The van der Waals surface area contributed by atoms with Crippen molar-refractivity contribution in [2.24, 2.45) is 0 Å². The van der Waals surface area contributed by atoms with Crippen LogP contribution in [0.15, 0.2) is 18.2 Å². The van der Waals surface area contributed by atoms with Crippen molar-refractivity contribution in [2.75, 3.05) is 24.7 Å². The Morgan fingerprint density at radius 3 is 3.00 bits per heavy atom. The van der Waals surface area contributed by atoms with Gasteiger partial charge in [0.2, 0.25) is 0 Å². The summed E-state index contributed by atoms with van der Waals surface area (Å²) in [5.74, 6) is -0.309. The molecule has 0 radical (unpaired) electrons. The van der Waals surface area contributed by atoms with Crippen LogP contribution in [0.1, 0.15) is 31.9 Å². The number of benzene rings is 1. The van der Waals surface area contributed by atoms with E-state index in [4.69, 9.17) is 4.74 Å². The molecule has 3 nitrogen and oxygen atoms in total. The van der Waals surface area contributed by atoms with E-state index in [2.05, 4.69) is 11.8 Å². The maximum Gasteiger partial charge on any atom is 0.123 e. The zero-order valence-corrected chi connectivity index (χ0v) is 10.9. The lowest BCUT2D eigenvalue weighted by atomic mass is 10.0. The second-order valence-corrected chi connectivity index (χ2v) is 4.71. The SMILES string of the molecule is CCC1COCCN1c1ccc(F)cc1[C@@H](C)O. The lowest BCUT2D eigenvalue weighted by Gasteiger charge is -2.38. The van der Waals surface area contributed by atoms with Gasteiger partial charge >= 0.3 is 0 Å². The molecular formula is C14H20FNO2. The fourth-order valence-corrected chi connectivity index (χ4v) is 2.43. The third kappa shape index (κ3) is 2.65. The first-order valence-electron chi connectivity index (χ1n) is 6.45. The highest BCUT2D eigenvalue weighted by Gasteiger charge is 2.24. The van der Waals surface area contributed by atoms with Crippen molar-refractivity contribution in [1.82, 2.24) is 0 Å². The molecule has 1 unspecified atom stereocenters. The van der Waals surface area contributed by atoms with Gasteiger partial charge in [0, 0.05) is 17.8 Å². The Morgan fingerprint density at radius 2 is 2.33 bits per heavy atom. The monoisotopic (exact) mass is 253 g/mol. The molecule has 0 bridgehead atoms. The molecule has 1 aromatic carbocycles. The molecule has 100 valence electrons. The third-order valence-corrected chi connectivity index (χ3v) is 3.45. The van der Waals surface area contributed by atoms with Crippen LogP contribution in [-0.2, 0) is 4.74 Å². The number of hydrogen-bond acceptors (Lipinski definition) is 3. The number of nitrogens with zero attached hydrogens (tertiary/aromatic N) is 1. The van der Waals surface area contributed by atoms with Gasteiger partial charge in [-0.3, -0.25) is 0 Å². The summed E-state index contributed by atoms with van der Waals surface area (Å²) in [6, 6.07) is 4.92. The number of morpholine rings is 1. The van der Waals surface area contributed by atoms with Crippen molar-refractivity contribution in [3.05, 3.63) is 29.6 Å². The fraction of sp³-hybridized carbons (Fsp3) is 0.571. The van der Waals surface area contributed by atoms with E-state index in [1.54, 1.807) is 13.0 Å². The summed E-state index contributed by atoms with van der Waals surface area (Å²) in [7, 11) is 0. The lowest BCUT2D eigenvalue weighted by Crippen LogP contribution is -2.45. The van der Waals surface area contributed by atoms with Crippen LogP contribution in [0.3, 0.4) is 0 Å². The van der Waals surface area contributed by atoms with E-state index in [1.807, 2.05) is 0 Å². The topological polar surface area (TPSA) is 32.7 Å². The molecule has 0 spiro atoms. The second-order valence-electron chi connectivity index (χ2n) is 4.71. The summed E-state index contributed by atoms with van der Waals surface area (Å²) in [5.41, 5.74) is 1.57. The zero-order valence-electron chi connectivity index (χ0n) is 10.9. The minimum absolute atomic E-state index is 0.293. The van der Waals surface area contributed by atoms with Gasteiger partial charge in [-0.2, -0.15) is 0 Å². The summed E-state index contributed by atoms with van der Waals surface area (Å²) in [4.78, 5) is 2.21. The number of halogens is 1. The highest BCUT2D eigenvalue weighted by atomic mass is 19.1. The molecule has 1 fully saturated rings. The molecule has 0 aromatic heterocycles. The smallest absolute Gasteiger partial charge is 0.123 e. The van der Waals surface area contributed by atoms with Gasteiger partial charge in [-0.05, 0) is 31.5 Å². The van der Waals surface area contributed by atoms with Gasteiger partial charge in [0.15, 0.2) is 0 Å². The maximum absolute atomic E-state index is 13.3. The predicted octanol–water partition coefficient (Wildman–Crippen LogP) is 2.49. The second kappa shape index (κ2) is 5.67. The Balaban J connectivity index is 2.36. The van der Waals surface area contributed by atoms with Crippen LogP contribution < -0.4 is 4.90 Å². The predicted molar refractivity (Wildman–Crippen MR) is 69.3 cm³/mol. The fourth-order valence-electron chi connectivity index (χ4n) is 2.43. The minimum atomic E-state index is -0.670. The van der Waals surface area contributed by atoms with E-state index < -0.39 is 6.10 Å². The Morgan fingerprint density at radius 1 is 1.56 bits per heavy atom. The van der Waals surface area contributed by atoms with Gasteiger partial charge in [0.25, 0.3) is 0 Å². The van der Waals surface area contributed by atoms with Crippen LogP contribution in [-0.4, -0.2) is 30.9 Å². The summed E-state index contributed by atoms with van der Waals surface area (Å²) in [5, 5.41) is 9.79. The molecule has 1 saturated heterocycles.